The molecular weight excluding hydrogens is 449 g/mol. The van der Waals surface area contributed by atoms with E-state index in [0.717, 1.165) is 18.5 Å². The van der Waals surface area contributed by atoms with E-state index in [9.17, 15) is 0 Å². The molecule has 0 amide bonds. The molecular formula is C25H26Cl2NOTi-. The van der Waals surface area contributed by atoms with Gasteiger partial charge in [0.25, 0.3) is 0 Å². The van der Waals surface area contributed by atoms with E-state index in [2.05, 4.69) is 73.6 Å². The fraction of sp³-hybridized carbons (Fsp3) is 0.200. The molecule has 30 heavy (non-hydrogen) atoms. The van der Waals surface area contributed by atoms with Crippen LogP contribution in [0, 0.1) is 6.07 Å². The normalized spacial score (nSPS) is 12.3. The summed E-state index contributed by atoms with van der Waals surface area (Å²) < 4.78 is 0. The molecule has 0 fully saturated rings. The van der Waals surface area contributed by atoms with Gasteiger partial charge in [-0.1, -0.05) is 77.2 Å². The van der Waals surface area contributed by atoms with Gasteiger partial charge in [0, 0.05) is 6.54 Å². The fourth-order valence-electron chi connectivity index (χ4n) is 3.20. The summed E-state index contributed by atoms with van der Waals surface area (Å²) in [6, 6.07) is 25.9. The average molecular weight is 475 g/mol. The molecule has 0 bridgehead atoms. The number of benzene rings is 3. The molecule has 0 heterocycles. The molecule has 156 valence electrons. The second-order valence-corrected chi connectivity index (χ2v) is 9.60. The molecule has 0 atom stereocenters. The molecule has 1 aliphatic rings. The summed E-state index contributed by atoms with van der Waals surface area (Å²) in [4.78, 5) is 2.21. The first-order valence-electron chi connectivity index (χ1n) is 9.64. The number of hydrogen-bond acceptors (Lipinski definition) is 2. The minimum atomic E-state index is -0.556. The van der Waals surface area contributed by atoms with Crippen LogP contribution in [-0.2, 0) is 23.6 Å². The second kappa shape index (κ2) is 13.8. The third-order valence-electron chi connectivity index (χ3n) is 4.53. The van der Waals surface area contributed by atoms with E-state index < -0.39 is 17.0 Å². The van der Waals surface area contributed by atoms with Gasteiger partial charge in [0.1, 0.15) is 0 Å². The van der Waals surface area contributed by atoms with Crippen molar-refractivity contribution >= 4 is 35.0 Å². The van der Waals surface area contributed by atoms with Crippen LogP contribution >= 0.6 is 18.6 Å². The van der Waals surface area contributed by atoms with Gasteiger partial charge >= 0.3 is 35.6 Å². The number of likely N-dealkylation sites (N-methyl/N-ethyl adjacent to an activating group) is 1. The number of nitrogens with zero attached hydrogens (tertiary/aromatic N) is 1. The van der Waals surface area contributed by atoms with Crippen LogP contribution in [0.3, 0.4) is 0 Å². The second-order valence-electron chi connectivity index (χ2n) is 7.02. The number of hydrogen-bond donors (Lipinski definition) is 1. The first-order valence-corrected chi connectivity index (χ1v) is 13.9. The van der Waals surface area contributed by atoms with Crippen molar-refractivity contribution in [3.8, 4) is 0 Å². The predicted molar refractivity (Wildman–Crippen MR) is 126 cm³/mol. The molecule has 0 aromatic heterocycles. The van der Waals surface area contributed by atoms with Crippen LogP contribution in [0.15, 0.2) is 84.5 Å². The minimum absolute atomic E-state index is 0.140. The first kappa shape index (κ1) is 24.9. The van der Waals surface area contributed by atoms with E-state index in [-0.39, 0.29) is 6.61 Å². The van der Waals surface area contributed by atoms with Crippen LogP contribution in [0.5, 0.6) is 0 Å². The third kappa shape index (κ3) is 8.04. The predicted octanol–water partition coefficient (Wildman–Crippen LogP) is 6.47. The van der Waals surface area contributed by atoms with Crippen molar-refractivity contribution < 1.29 is 22.1 Å². The van der Waals surface area contributed by atoms with Gasteiger partial charge < -0.3 is 10.0 Å². The number of halogens is 2. The molecule has 0 aliphatic heterocycles. The summed E-state index contributed by atoms with van der Waals surface area (Å²) >= 11 is -0.556. The Morgan fingerprint density at radius 1 is 0.967 bits per heavy atom. The molecule has 2 nitrogen and oxygen atoms in total. The Morgan fingerprint density at radius 3 is 2.27 bits per heavy atom. The van der Waals surface area contributed by atoms with E-state index in [0.29, 0.717) is 0 Å². The standard InChI is InChI=1S/C18H18N.C7H8O.2ClH.Ti/c1-19(2)13-17-8-5-9-18(17)16-11-10-14-6-3-4-7-15(14)12-16;8-6-7-4-2-1-3-5-7;;;/h3-8,10-11H,9,13H2,1-2H3;1-5,8H,6H2;2*1H;/q-1;;;;+2/p-2. The molecule has 0 radical (unpaired) electrons. The van der Waals surface area contributed by atoms with Crippen LogP contribution in [0.2, 0.25) is 0 Å². The number of allylic oxidation sites excluding steroid dienone is 2. The van der Waals surface area contributed by atoms with Crippen molar-refractivity contribution in [2.24, 2.45) is 0 Å². The molecule has 3 aromatic carbocycles. The Labute approximate surface area is 196 Å². The van der Waals surface area contributed by atoms with Gasteiger partial charge in [0.05, 0.1) is 6.61 Å². The van der Waals surface area contributed by atoms with E-state index in [1.54, 1.807) is 0 Å². The molecule has 1 aliphatic carbocycles. The number of aliphatic hydroxyl groups is 1. The fourth-order valence-corrected chi connectivity index (χ4v) is 3.20. The SMILES string of the molecule is CN(C)CC1=C(c2[c-]c3ccccc3cc2)CC=C1.OCc1ccccc1.[Cl][Ti][Cl]. The average Bonchev–Trinajstić information content (AvgIpc) is 3.22. The van der Waals surface area contributed by atoms with Gasteiger partial charge in [0.15, 0.2) is 0 Å². The number of aliphatic hydroxyl groups excluding tert-OH is 1. The monoisotopic (exact) mass is 474 g/mol. The summed E-state index contributed by atoms with van der Waals surface area (Å²) in [5.41, 5.74) is 5.03. The van der Waals surface area contributed by atoms with E-state index in [4.69, 9.17) is 23.7 Å². The first-order chi connectivity index (χ1) is 14.6. The molecule has 4 rings (SSSR count). The molecule has 3 aromatic rings. The van der Waals surface area contributed by atoms with Crippen LogP contribution in [0.4, 0.5) is 0 Å². The van der Waals surface area contributed by atoms with Gasteiger partial charge in [-0.2, -0.15) is 0 Å². The Kier molecular flexibility index (Phi) is 11.5. The summed E-state index contributed by atoms with van der Waals surface area (Å²) in [7, 11) is 14.0. The summed E-state index contributed by atoms with van der Waals surface area (Å²) in [5.74, 6) is 0. The van der Waals surface area contributed by atoms with Gasteiger partial charge in [-0.15, -0.1) is 35.2 Å². The van der Waals surface area contributed by atoms with Crippen LogP contribution in [0.1, 0.15) is 17.5 Å². The maximum atomic E-state index is 8.54. The maximum absolute atomic E-state index is 8.54. The van der Waals surface area contributed by atoms with Crippen LogP contribution in [0.25, 0.3) is 16.3 Å². The summed E-state index contributed by atoms with van der Waals surface area (Å²) in [6.07, 6.45) is 5.52. The molecule has 0 saturated carbocycles. The number of fused-ring (bicyclic) bond motifs is 1. The Morgan fingerprint density at radius 2 is 1.63 bits per heavy atom. The van der Waals surface area contributed by atoms with Crippen molar-refractivity contribution in [3.63, 3.8) is 0 Å². The summed E-state index contributed by atoms with van der Waals surface area (Å²) in [6.45, 7) is 1.13. The zero-order chi connectivity index (χ0) is 21.8. The Bertz CT molecular complexity index is 971. The van der Waals surface area contributed by atoms with Crippen molar-refractivity contribution in [2.75, 3.05) is 20.6 Å². The zero-order valence-corrected chi connectivity index (χ0v) is 20.4. The van der Waals surface area contributed by atoms with E-state index in [1.165, 1.54) is 27.5 Å². The van der Waals surface area contributed by atoms with Gasteiger partial charge in [-0.25, -0.2) is 0 Å². The van der Waals surface area contributed by atoms with Crippen molar-refractivity contribution in [1.82, 2.24) is 4.90 Å². The third-order valence-corrected chi connectivity index (χ3v) is 4.53. The molecule has 1 N–H and O–H groups in total. The van der Waals surface area contributed by atoms with Gasteiger partial charge in [0.2, 0.25) is 0 Å². The molecule has 0 unspecified atom stereocenters. The molecule has 0 saturated heterocycles. The summed E-state index contributed by atoms with van der Waals surface area (Å²) in [5, 5.41) is 11.0. The number of rotatable bonds is 4. The zero-order valence-electron chi connectivity index (χ0n) is 17.3. The Hall–Kier alpha value is -1.39. The van der Waals surface area contributed by atoms with Crippen molar-refractivity contribution in [1.29, 1.82) is 0 Å². The molecule has 5 heteroatoms. The van der Waals surface area contributed by atoms with Crippen LogP contribution in [-0.4, -0.2) is 30.6 Å². The topological polar surface area (TPSA) is 23.5 Å². The van der Waals surface area contributed by atoms with Gasteiger partial charge in [-0.3, -0.25) is 0 Å². The van der Waals surface area contributed by atoms with E-state index >= 15 is 0 Å². The quantitative estimate of drug-likeness (QED) is 0.346. The van der Waals surface area contributed by atoms with Crippen LogP contribution < -0.4 is 0 Å². The Balaban J connectivity index is 0.000000243. The van der Waals surface area contributed by atoms with Crippen molar-refractivity contribution in [3.05, 3.63) is 102 Å². The van der Waals surface area contributed by atoms with E-state index in [1.807, 2.05) is 30.3 Å². The van der Waals surface area contributed by atoms with Gasteiger partial charge in [-0.05, 0) is 26.1 Å². The van der Waals surface area contributed by atoms with Crippen molar-refractivity contribution in [2.45, 2.75) is 13.0 Å². The molecule has 0 spiro atoms.